The molecule has 3 aliphatic rings. The van der Waals surface area contributed by atoms with Crippen LogP contribution in [-0.2, 0) is 23.7 Å². The molecule has 0 aromatic heterocycles. The first kappa shape index (κ1) is 12.8. The second kappa shape index (κ2) is 3.88. The Hall–Kier alpha value is -0.240. The van der Waals surface area contributed by atoms with E-state index in [1.807, 2.05) is 13.8 Å². The van der Waals surface area contributed by atoms with Gasteiger partial charge in [-0.15, -0.1) is 0 Å². The number of rotatable bonds is 1. The molecule has 0 bridgehead atoms. The minimum absolute atomic E-state index is 0.295. The molecule has 0 aliphatic carbocycles. The summed E-state index contributed by atoms with van der Waals surface area (Å²) in [7, 11) is 0. The Kier molecular flexibility index (Phi) is 2.75. The largest absolute Gasteiger partial charge is 0.387 e. The Bertz CT molecular complexity index is 341. The van der Waals surface area contributed by atoms with Crippen LogP contribution in [0.4, 0.5) is 0 Å². The first-order chi connectivity index (χ1) is 8.27. The van der Waals surface area contributed by atoms with Crippen LogP contribution in [0.5, 0.6) is 0 Å². The van der Waals surface area contributed by atoms with Crippen molar-refractivity contribution < 1.29 is 28.8 Å². The van der Waals surface area contributed by atoms with Gasteiger partial charge >= 0.3 is 0 Å². The average Bonchev–Trinajstić information content (AvgIpc) is 2.81. The number of fused-ring (bicyclic) bond motifs is 1. The molecule has 0 aromatic carbocycles. The van der Waals surface area contributed by atoms with Crippen molar-refractivity contribution in [3.63, 3.8) is 0 Å². The minimum Gasteiger partial charge on any atom is -0.387 e. The van der Waals surface area contributed by atoms with Crippen LogP contribution in [0.2, 0.25) is 0 Å². The van der Waals surface area contributed by atoms with Gasteiger partial charge in [0.05, 0.1) is 6.61 Å². The van der Waals surface area contributed by atoms with Gasteiger partial charge in [0.25, 0.3) is 0 Å². The fraction of sp³-hybridized carbons (Fsp3) is 1.00. The van der Waals surface area contributed by atoms with Gasteiger partial charge in [0, 0.05) is 0 Å². The van der Waals surface area contributed by atoms with E-state index in [0.29, 0.717) is 6.61 Å². The molecule has 0 spiro atoms. The highest BCUT2D eigenvalue weighted by atomic mass is 16.8. The zero-order valence-corrected chi connectivity index (χ0v) is 11.1. The lowest BCUT2D eigenvalue weighted by molar-refractivity contribution is -0.232. The first-order valence-corrected chi connectivity index (χ1v) is 6.28. The highest BCUT2D eigenvalue weighted by molar-refractivity contribution is 4.97. The van der Waals surface area contributed by atoms with Gasteiger partial charge in [-0.05, 0) is 27.7 Å². The third kappa shape index (κ3) is 2.07. The van der Waals surface area contributed by atoms with E-state index in [1.54, 1.807) is 13.8 Å². The van der Waals surface area contributed by atoms with Crippen LogP contribution in [0.15, 0.2) is 0 Å². The van der Waals surface area contributed by atoms with Crippen molar-refractivity contribution in [2.24, 2.45) is 0 Å². The van der Waals surface area contributed by atoms with E-state index >= 15 is 0 Å². The molecule has 3 rings (SSSR count). The Morgan fingerprint density at radius 2 is 1.67 bits per heavy atom. The second-order valence-corrected chi connectivity index (χ2v) is 5.93. The highest BCUT2D eigenvalue weighted by Gasteiger charge is 2.57. The van der Waals surface area contributed by atoms with Crippen LogP contribution in [-0.4, -0.2) is 54.0 Å². The van der Waals surface area contributed by atoms with Gasteiger partial charge in [-0.3, -0.25) is 0 Å². The molecule has 6 heteroatoms. The average molecular weight is 260 g/mol. The predicted molar refractivity (Wildman–Crippen MR) is 59.6 cm³/mol. The van der Waals surface area contributed by atoms with E-state index < -0.39 is 36.2 Å². The van der Waals surface area contributed by atoms with Crippen molar-refractivity contribution in [2.75, 3.05) is 6.61 Å². The van der Waals surface area contributed by atoms with Crippen molar-refractivity contribution in [1.82, 2.24) is 0 Å². The van der Waals surface area contributed by atoms with Gasteiger partial charge in [0.2, 0.25) is 0 Å². The quantitative estimate of drug-likeness (QED) is 0.735. The molecule has 3 aliphatic heterocycles. The lowest BCUT2D eigenvalue weighted by Crippen LogP contribution is -2.42. The summed E-state index contributed by atoms with van der Waals surface area (Å²) in [6.45, 7) is 7.68. The fourth-order valence-corrected chi connectivity index (χ4v) is 2.70. The van der Waals surface area contributed by atoms with Crippen molar-refractivity contribution in [2.45, 2.75) is 70.0 Å². The maximum Gasteiger partial charge on any atom is 0.190 e. The van der Waals surface area contributed by atoms with E-state index in [0.717, 1.165) is 0 Å². The van der Waals surface area contributed by atoms with Crippen LogP contribution in [0.1, 0.15) is 27.7 Å². The van der Waals surface area contributed by atoms with E-state index in [1.165, 1.54) is 0 Å². The lowest BCUT2D eigenvalue weighted by atomic mass is 10.1. The van der Waals surface area contributed by atoms with E-state index in [-0.39, 0.29) is 6.10 Å². The molecule has 104 valence electrons. The highest BCUT2D eigenvalue weighted by Crippen LogP contribution is 2.40. The third-order valence-electron chi connectivity index (χ3n) is 3.45. The van der Waals surface area contributed by atoms with E-state index in [4.69, 9.17) is 23.7 Å². The van der Waals surface area contributed by atoms with Crippen LogP contribution >= 0.6 is 0 Å². The summed E-state index contributed by atoms with van der Waals surface area (Å²) in [5.74, 6) is -1.35. The van der Waals surface area contributed by atoms with E-state index in [9.17, 15) is 5.11 Å². The van der Waals surface area contributed by atoms with Crippen molar-refractivity contribution in [1.29, 1.82) is 0 Å². The Balaban J connectivity index is 1.68. The summed E-state index contributed by atoms with van der Waals surface area (Å²) < 4.78 is 28.1. The maximum absolute atomic E-state index is 10.3. The zero-order chi connectivity index (χ0) is 13.1. The molecule has 0 amide bonds. The van der Waals surface area contributed by atoms with Crippen LogP contribution < -0.4 is 0 Å². The van der Waals surface area contributed by atoms with E-state index in [2.05, 4.69) is 0 Å². The molecule has 3 heterocycles. The number of aliphatic hydroxyl groups is 1. The Morgan fingerprint density at radius 1 is 0.944 bits per heavy atom. The summed E-state index contributed by atoms with van der Waals surface area (Å²) in [6, 6.07) is 0. The number of hydrogen-bond acceptors (Lipinski definition) is 6. The SMILES string of the molecule is CC1(C)OC2O[C@H]([C@H]3COC(C)(C)O3)[C@@H](O)C2O1. The van der Waals surface area contributed by atoms with Gasteiger partial charge in [-0.1, -0.05) is 0 Å². The molecule has 0 aromatic rings. The van der Waals surface area contributed by atoms with Crippen LogP contribution in [0.3, 0.4) is 0 Å². The van der Waals surface area contributed by atoms with Gasteiger partial charge in [-0.2, -0.15) is 0 Å². The maximum atomic E-state index is 10.3. The molecule has 3 fully saturated rings. The molecule has 0 radical (unpaired) electrons. The molecular formula is C12H20O6. The molecule has 5 atom stereocenters. The van der Waals surface area contributed by atoms with Crippen LogP contribution in [0.25, 0.3) is 0 Å². The van der Waals surface area contributed by atoms with Gasteiger partial charge in [0.1, 0.15) is 24.4 Å². The summed E-state index contributed by atoms with van der Waals surface area (Å²) >= 11 is 0. The van der Waals surface area contributed by atoms with Gasteiger partial charge in [-0.25, -0.2) is 0 Å². The number of ether oxygens (including phenoxy) is 5. The summed E-state index contributed by atoms with van der Waals surface area (Å²) in [5.41, 5.74) is 0. The summed E-state index contributed by atoms with van der Waals surface area (Å²) in [5, 5.41) is 10.3. The minimum atomic E-state index is -0.765. The molecule has 18 heavy (non-hydrogen) atoms. The van der Waals surface area contributed by atoms with Crippen molar-refractivity contribution in [3.8, 4) is 0 Å². The van der Waals surface area contributed by atoms with Gasteiger partial charge in [0.15, 0.2) is 17.9 Å². The normalized spacial score (nSPS) is 49.5. The second-order valence-electron chi connectivity index (χ2n) is 5.93. The molecule has 0 saturated carbocycles. The Labute approximate surface area is 106 Å². The summed E-state index contributed by atoms with van der Waals surface area (Å²) in [4.78, 5) is 0. The first-order valence-electron chi connectivity index (χ1n) is 6.28. The smallest absolute Gasteiger partial charge is 0.190 e. The molecule has 1 N–H and O–H groups in total. The topological polar surface area (TPSA) is 66.4 Å². The molecule has 6 nitrogen and oxygen atoms in total. The lowest BCUT2D eigenvalue weighted by Gasteiger charge is -2.26. The van der Waals surface area contributed by atoms with Gasteiger partial charge < -0.3 is 28.8 Å². The molecular weight excluding hydrogens is 240 g/mol. The standard InChI is InChI=1S/C12H20O6/c1-11(2)14-5-6(16-11)8-7(13)9-10(15-8)18-12(3,4)17-9/h6-10,13H,5H2,1-4H3/t6-,7-,8-,9?,10?/m1/s1. The predicted octanol–water partition coefficient (Wildman–Crippen LogP) is 0.375. The Morgan fingerprint density at radius 3 is 2.22 bits per heavy atom. The molecule has 2 unspecified atom stereocenters. The van der Waals surface area contributed by atoms with Crippen molar-refractivity contribution in [3.05, 3.63) is 0 Å². The zero-order valence-electron chi connectivity index (χ0n) is 11.1. The summed E-state index contributed by atoms with van der Waals surface area (Å²) in [6.07, 6.45) is -2.53. The number of aliphatic hydroxyl groups excluding tert-OH is 1. The third-order valence-corrected chi connectivity index (χ3v) is 3.45. The monoisotopic (exact) mass is 260 g/mol. The fourth-order valence-electron chi connectivity index (χ4n) is 2.70. The van der Waals surface area contributed by atoms with Crippen LogP contribution in [0, 0.1) is 0 Å². The molecule has 3 saturated heterocycles. The van der Waals surface area contributed by atoms with Crippen molar-refractivity contribution >= 4 is 0 Å². The number of hydrogen-bond donors (Lipinski definition) is 1.